The van der Waals surface area contributed by atoms with Crippen molar-refractivity contribution in [2.75, 3.05) is 5.32 Å². The summed E-state index contributed by atoms with van der Waals surface area (Å²) in [6.07, 6.45) is 3.05. The normalized spacial score (nSPS) is 10.5. The number of anilines is 1. The highest BCUT2D eigenvalue weighted by atomic mass is 32.1. The smallest absolute Gasteiger partial charge is 0.324 e. The molecular formula is C14H11N3O3S. The molecule has 0 saturated heterocycles. The number of hydrogen-bond donors (Lipinski definition) is 1. The number of nitrogens with one attached hydrogen (secondary N) is 1. The van der Waals surface area contributed by atoms with Gasteiger partial charge in [0, 0.05) is 28.7 Å². The van der Waals surface area contributed by atoms with Gasteiger partial charge in [-0.3, -0.25) is 10.1 Å². The summed E-state index contributed by atoms with van der Waals surface area (Å²) in [4.78, 5) is 15.0. The third kappa shape index (κ3) is 3.09. The van der Waals surface area contributed by atoms with Gasteiger partial charge in [-0.15, -0.1) is 0 Å². The van der Waals surface area contributed by atoms with Crippen molar-refractivity contribution in [2.45, 2.75) is 6.54 Å². The molecule has 21 heavy (non-hydrogen) atoms. The van der Waals surface area contributed by atoms with E-state index < -0.39 is 0 Å². The highest BCUT2D eigenvalue weighted by Crippen LogP contribution is 2.25. The number of hydrogen-bond acceptors (Lipinski definition) is 6. The first-order chi connectivity index (χ1) is 10.2. The van der Waals surface area contributed by atoms with Crippen LogP contribution in [0.4, 0.5) is 10.7 Å². The van der Waals surface area contributed by atoms with Gasteiger partial charge in [0.1, 0.15) is 0 Å². The van der Waals surface area contributed by atoms with Crippen LogP contribution < -0.4 is 5.32 Å². The van der Waals surface area contributed by atoms with Crippen LogP contribution in [-0.2, 0) is 6.54 Å². The Morgan fingerprint density at radius 1 is 1.24 bits per heavy atom. The fraction of sp³-hybridized carbons (Fsp3) is 0.0714. The van der Waals surface area contributed by atoms with Gasteiger partial charge in [0.25, 0.3) is 0 Å². The monoisotopic (exact) mass is 301 g/mol. The van der Waals surface area contributed by atoms with Crippen molar-refractivity contribution in [2.24, 2.45) is 0 Å². The predicted octanol–water partition coefficient (Wildman–Crippen LogP) is 3.92. The molecule has 106 valence electrons. The van der Waals surface area contributed by atoms with Gasteiger partial charge in [0.05, 0.1) is 11.1 Å². The van der Waals surface area contributed by atoms with Gasteiger partial charge in [0.2, 0.25) is 0 Å². The van der Waals surface area contributed by atoms with Gasteiger partial charge in [-0.05, 0) is 30.3 Å². The molecule has 2 heterocycles. The minimum Gasteiger partial charge on any atom is -0.444 e. The van der Waals surface area contributed by atoms with Crippen LogP contribution in [0.25, 0.3) is 11.3 Å². The van der Waals surface area contributed by atoms with Crippen LogP contribution >= 0.6 is 11.3 Å². The number of benzene rings is 1. The number of nitrogens with zero attached hydrogens (tertiary/aromatic N) is 2. The van der Waals surface area contributed by atoms with Crippen molar-refractivity contribution in [1.29, 1.82) is 0 Å². The number of nitro groups is 1. The first-order valence-electron chi connectivity index (χ1n) is 6.18. The zero-order chi connectivity index (χ0) is 14.7. The lowest BCUT2D eigenvalue weighted by molar-refractivity contribution is -0.380. The molecule has 0 bridgehead atoms. The van der Waals surface area contributed by atoms with E-state index in [1.807, 2.05) is 24.3 Å². The maximum absolute atomic E-state index is 10.6. The Hall–Kier alpha value is -2.67. The van der Waals surface area contributed by atoms with E-state index in [1.165, 1.54) is 23.8 Å². The molecule has 6 nitrogen and oxygen atoms in total. The van der Waals surface area contributed by atoms with Crippen LogP contribution in [0.5, 0.6) is 0 Å². The minimum atomic E-state index is -0.375. The second kappa shape index (κ2) is 5.76. The fourth-order valence-corrected chi connectivity index (χ4v) is 2.62. The van der Waals surface area contributed by atoms with Gasteiger partial charge >= 0.3 is 5.00 Å². The van der Waals surface area contributed by atoms with Crippen LogP contribution in [-0.4, -0.2) is 9.91 Å². The first-order valence-corrected chi connectivity index (χ1v) is 7.00. The van der Waals surface area contributed by atoms with E-state index in [-0.39, 0.29) is 9.92 Å². The van der Waals surface area contributed by atoms with Gasteiger partial charge in [-0.1, -0.05) is 11.3 Å². The molecule has 2 aromatic heterocycles. The number of oxazole rings is 1. The van der Waals surface area contributed by atoms with E-state index in [0.717, 1.165) is 21.9 Å². The molecule has 3 aromatic rings. The summed E-state index contributed by atoms with van der Waals surface area (Å²) < 4.78 is 5.22. The molecule has 0 unspecified atom stereocenters. The Labute approximate surface area is 124 Å². The molecule has 0 saturated carbocycles. The third-order valence-electron chi connectivity index (χ3n) is 2.90. The highest BCUT2D eigenvalue weighted by molar-refractivity contribution is 7.15. The second-order valence-electron chi connectivity index (χ2n) is 4.29. The van der Waals surface area contributed by atoms with Crippen molar-refractivity contribution in [3.05, 3.63) is 64.0 Å². The Kier molecular flexibility index (Phi) is 3.65. The zero-order valence-electron chi connectivity index (χ0n) is 10.9. The topological polar surface area (TPSA) is 81.2 Å². The summed E-state index contributed by atoms with van der Waals surface area (Å²) in [5, 5.41) is 14.0. The molecule has 0 amide bonds. The average molecular weight is 301 g/mol. The summed E-state index contributed by atoms with van der Waals surface area (Å²) in [5.41, 5.74) is 1.89. The van der Waals surface area contributed by atoms with E-state index in [0.29, 0.717) is 6.54 Å². The molecule has 0 fully saturated rings. The Morgan fingerprint density at radius 2 is 2.05 bits per heavy atom. The van der Waals surface area contributed by atoms with E-state index in [4.69, 9.17) is 4.42 Å². The van der Waals surface area contributed by atoms with Crippen LogP contribution in [0, 0.1) is 10.1 Å². The number of thiophene rings is 1. The predicted molar refractivity (Wildman–Crippen MR) is 80.2 cm³/mol. The van der Waals surface area contributed by atoms with E-state index in [9.17, 15) is 10.1 Å². The maximum atomic E-state index is 10.6. The molecule has 3 rings (SSSR count). The van der Waals surface area contributed by atoms with Gasteiger partial charge in [0.15, 0.2) is 12.2 Å². The summed E-state index contributed by atoms with van der Waals surface area (Å²) in [6.45, 7) is 0.556. The van der Waals surface area contributed by atoms with Gasteiger partial charge < -0.3 is 9.73 Å². The second-order valence-corrected chi connectivity index (χ2v) is 5.44. The Morgan fingerprint density at radius 3 is 2.67 bits per heavy atom. The maximum Gasteiger partial charge on any atom is 0.324 e. The summed E-state index contributed by atoms with van der Waals surface area (Å²) in [5.74, 6) is 0.718. The molecule has 0 radical (unpaired) electrons. The Bertz CT molecular complexity index is 735. The SMILES string of the molecule is O=[N+]([O-])c1ccc(CNc2ccc(-c3cnco3)cc2)s1. The molecule has 7 heteroatoms. The molecule has 0 aliphatic carbocycles. The van der Waals surface area contributed by atoms with E-state index >= 15 is 0 Å². The summed E-state index contributed by atoms with van der Waals surface area (Å²) in [7, 11) is 0. The lowest BCUT2D eigenvalue weighted by Crippen LogP contribution is -1.96. The first kappa shape index (κ1) is 13.3. The van der Waals surface area contributed by atoms with Crippen molar-refractivity contribution in [1.82, 2.24) is 4.98 Å². The lowest BCUT2D eigenvalue weighted by atomic mass is 10.2. The molecule has 0 aliphatic rings. The molecule has 0 atom stereocenters. The van der Waals surface area contributed by atoms with E-state index in [1.54, 1.807) is 12.3 Å². The number of aromatic nitrogens is 1. The third-order valence-corrected chi connectivity index (χ3v) is 3.93. The standard InChI is InChI=1S/C14H11N3O3S/c18-17(19)14-6-5-12(21-14)7-16-11-3-1-10(2-4-11)13-8-15-9-20-13/h1-6,8-9,16H,7H2. The van der Waals surface area contributed by atoms with Crippen molar-refractivity contribution >= 4 is 22.0 Å². The largest absolute Gasteiger partial charge is 0.444 e. The highest BCUT2D eigenvalue weighted by Gasteiger charge is 2.09. The zero-order valence-corrected chi connectivity index (χ0v) is 11.7. The van der Waals surface area contributed by atoms with Crippen LogP contribution in [0.2, 0.25) is 0 Å². The minimum absolute atomic E-state index is 0.160. The quantitative estimate of drug-likeness (QED) is 0.570. The summed E-state index contributed by atoms with van der Waals surface area (Å²) in [6, 6.07) is 11.0. The van der Waals surface area contributed by atoms with Crippen LogP contribution in [0.15, 0.2) is 53.4 Å². The van der Waals surface area contributed by atoms with Crippen LogP contribution in [0.1, 0.15) is 4.88 Å². The van der Waals surface area contributed by atoms with Crippen molar-refractivity contribution in [3.8, 4) is 11.3 Å². The van der Waals surface area contributed by atoms with Crippen LogP contribution in [0.3, 0.4) is 0 Å². The molecule has 1 aromatic carbocycles. The molecule has 0 spiro atoms. The lowest BCUT2D eigenvalue weighted by Gasteiger charge is -2.05. The van der Waals surface area contributed by atoms with Crippen molar-refractivity contribution < 1.29 is 9.34 Å². The van der Waals surface area contributed by atoms with E-state index in [2.05, 4.69) is 10.3 Å². The molecule has 1 N–H and O–H groups in total. The van der Waals surface area contributed by atoms with Gasteiger partial charge in [-0.25, -0.2) is 4.98 Å². The summed E-state index contributed by atoms with van der Waals surface area (Å²) >= 11 is 1.18. The molecular weight excluding hydrogens is 290 g/mol. The number of rotatable bonds is 5. The Balaban J connectivity index is 1.64. The average Bonchev–Trinajstić information content (AvgIpc) is 3.17. The molecule has 0 aliphatic heterocycles. The van der Waals surface area contributed by atoms with Crippen molar-refractivity contribution in [3.63, 3.8) is 0 Å². The fourth-order valence-electron chi connectivity index (χ4n) is 1.86. The van der Waals surface area contributed by atoms with Gasteiger partial charge in [-0.2, -0.15) is 0 Å².